The molecule has 1 heterocycles. The van der Waals surface area contributed by atoms with E-state index in [2.05, 4.69) is 15.6 Å². The fraction of sp³-hybridized carbons (Fsp3) is 0.0769. The minimum atomic E-state index is -0.443. The van der Waals surface area contributed by atoms with Gasteiger partial charge in [-0.25, -0.2) is 9.97 Å². The first-order valence-corrected chi connectivity index (χ1v) is 11.1. The first-order valence-electron chi connectivity index (χ1n) is 10.7. The Balaban J connectivity index is 1.65. The lowest BCUT2D eigenvalue weighted by atomic mass is 10.0. The normalized spacial score (nSPS) is 10.4. The molecule has 0 aliphatic heterocycles. The molecular weight excluding hydrogens is 462 g/mol. The number of nitrogens with one attached hydrogen (secondary N) is 2. The molecule has 9 heteroatoms. The van der Waals surface area contributed by atoms with Crippen molar-refractivity contribution < 1.29 is 9.72 Å². The smallest absolute Gasteiger partial charge is 0.270 e. The number of amides is 1. The molecule has 0 fully saturated rings. The summed E-state index contributed by atoms with van der Waals surface area (Å²) in [5.74, 6) is 0.183. The first kappa shape index (κ1) is 23.7. The van der Waals surface area contributed by atoms with Gasteiger partial charge in [0.2, 0.25) is 0 Å². The van der Waals surface area contributed by atoms with Crippen molar-refractivity contribution in [3.8, 4) is 22.6 Å². The molecule has 0 aliphatic carbocycles. The number of rotatable bonds is 6. The Hall–Kier alpha value is -4.50. The van der Waals surface area contributed by atoms with Gasteiger partial charge in [-0.15, -0.1) is 0 Å². The first-order chi connectivity index (χ1) is 16.9. The molecule has 174 valence electrons. The van der Waals surface area contributed by atoms with Crippen molar-refractivity contribution in [1.82, 2.24) is 20.6 Å². The molecule has 8 nitrogen and oxygen atoms in total. The van der Waals surface area contributed by atoms with Crippen molar-refractivity contribution in [2.75, 3.05) is 0 Å². The van der Waals surface area contributed by atoms with Gasteiger partial charge in [0.05, 0.1) is 10.6 Å². The largest absolute Gasteiger partial charge is 0.358 e. The average Bonchev–Trinajstić information content (AvgIpc) is 2.88. The number of aromatic nitrogens is 2. The summed E-state index contributed by atoms with van der Waals surface area (Å²) < 4.78 is 0. The van der Waals surface area contributed by atoms with Crippen LogP contribution in [-0.2, 0) is 6.54 Å². The lowest BCUT2D eigenvalue weighted by Gasteiger charge is -2.16. The lowest BCUT2D eigenvalue weighted by molar-refractivity contribution is -0.384. The highest BCUT2D eigenvalue weighted by Gasteiger charge is 2.17. The fourth-order valence-electron chi connectivity index (χ4n) is 3.51. The van der Waals surface area contributed by atoms with E-state index < -0.39 is 4.92 Å². The maximum Gasteiger partial charge on any atom is 0.270 e. The second-order valence-corrected chi connectivity index (χ2v) is 8.04. The zero-order valence-electron chi connectivity index (χ0n) is 18.8. The van der Waals surface area contributed by atoms with Crippen molar-refractivity contribution in [3.05, 3.63) is 112 Å². The highest BCUT2D eigenvalue weighted by molar-refractivity contribution is 7.80. The van der Waals surface area contributed by atoms with E-state index >= 15 is 0 Å². The molecule has 1 amide bonds. The standard InChI is InChI=1S/C26H21N5O3S/c1-17-22(16-27-26(35)30-25(32)19-11-6-3-7-12-19)23(20-13-8-14-21(15-20)31(33)34)29-24(28-17)18-9-4-2-5-10-18/h2-15H,16H2,1H3,(H2,27,30,32,35). The molecular formula is C26H21N5O3S. The summed E-state index contributed by atoms with van der Waals surface area (Å²) in [5.41, 5.74) is 3.80. The van der Waals surface area contributed by atoms with E-state index in [9.17, 15) is 14.9 Å². The predicted octanol–water partition coefficient (Wildman–Crippen LogP) is 4.83. The molecule has 0 spiro atoms. The van der Waals surface area contributed by atoms with Crippen LogP contribution in [0.4, 0.5) is 5.69 Å². The molecule has 4 rings (SSSR count). The number of non-ortho nitro benzene ring substituents is 1. The Bertz CT molecular complexity index is 1400. The molecule has 0 unspecified atom stereocenters. The van der Waals surface area contributed by atoms with Crippen LogP contribution in [0.2, 0.25) is 0 Å². The zero-order valence-corrected chi connectivity index (χ0v) is 19.6. The van der Waals surface area contributed by atoms with Gasteiger partial charge in [-0.3, -0.25) is 20.2 Å². The topological polar surface area (TPSA) is 110 Å². The molecule has 4 aromatic rings. The van der Waals surface area contributed by atoms with E-state index in [1.807, 2.05) is 43.3 Å². The van der Waals surface area contributed by atoms with Crippen molar-refractivity contribution in [2.45, 2.75) is 13.5 Å². The average molecular weight is 484 g/mol. The van der Waals surface area contributed by atoms with Gasteiger partial charge in [0.1, 0.15) is 0 Å². The van der Waals surface area contributed by atoms with E-state index in [1.165, 1.54) is 12.1 Å². The Morgan fingerprint density at radius 1 is 0.943 bits per heavy atom. The molecule has 0 saturated heterocycles. The second-order valence-electron chi connectivity index (χ2n) is 7.64. The number of hydrogen-bond donors (Lipinski definition) is 2. The van der Waals surface area contributed by atoms with Crippen molar-refractivity contribution in [3.63, 3.8) is 0 Å². The highest BCUT2D eigenvalue weighted by Crippen LogP contribution is 2.29. The van der Waals surface area contributed by atoms with Gasteiger partial charge in [0.25, 0.3) is 11.6 Å². The molecule has 2 N–H and O–H groups in total. The summed E-state index contributed by atoms with van der Waals surface area (Å²) in [4.78, 5) is 32.7. The molecule has 1 aromatic heterocycles. The van der Waals surface area contributed by atoms with Crippen molar-refractivity contribution in [1.29, 1.82) is 0 Å². The monoisotopic (exact) mass is 483 g/mol. The Morgan fingerprint density at radius 3 is 2.29 bits per heavy atom. The summed E-state index contributed by atoms with van der Waals surface area (Å²) in [7, 11) is 0. The van der Waals surface area contributed by atoms with Crippen LogP contribution >= 0.6 is 12.2 Å². The van der Waals surface area contributed by atoms with Crippen LogP contribution in [0.15, 0.2) is 84.9 Å². The quantitative estimate of drug-likeness (QED) is 0.230. The predicted molar refractivity (Wildman–Crippen MR) is 138 cm³/mol. The summed E-state index contributed by atoms with van der Waals surface area (Å²) >= 11 is 5.32. The van der Waals surface area contributed by atoms with E-state index in [0.717, 1.165) is 5.56 Å². The van der Waals surface area contributed by atoms with Gasteiger partial charge >= 0.3 is 0 Å². The lowest BCUT2D eigenvalue weighted by Crippen LogP contribution is -2.39. The number of hydrogen-bond acceptors (Lipinski definition) is 6. The van der Waals surface area contributed by atoms with Crippen LogP contribution in [0.1, 0.15) is 21.6 Å². The third-order valence-electron chi connectivity index (χ3n) is 5.27. The summed E-state index contributed by atoms with van der Waals surface area (Å²) in [6.45, 7) is 2.06. The summed E-state index contributed by atoms with van der Waals surface area (Å²) in [6.07, 6.45) is 0. The van der Waals surface area contributed by atoms with Crippen LogP contribution in [-0.4, -0.2) is 25.9 Å². The molecule has 0 atom stereocenters. The minimum absolute atomic E-state index is 0.0374. The number of thiocarbonyl (C=S) groups is 1. The van der Waals surface area contributed by atoms with E-state index in [4.69, 9.17) is 17.2 Å². The number of nitro groups is 1. The van der Waals surface area contributed by atoms with Gasteiger partial charge in [-0.05, 0) is 31.3 Å². The van der Waals surface area contributed by atoms with Crippen LogP contribution in [0.25, 0.3) is 22.6 Å². The van der Waals surface area contributed by atoms with Crippen LogP contribution in [0, 0.1) is 17.0 Å². The van der Waals surface area contributed by atoms with E-state index in [-0.39, 0.29) is 23.3 Å². The van der Waals surface area contributed by atoms with Gasteiger partial charge in [0, 0.05) is 46.6 Å². The SMILES string of the molecule is Cc1nc(-c2ccccc2)nc(-c2cccc([N+](=O)[O-])c2)c1CNC(=S)NC(=O)c1ccccc1. The van der Waals surface area contributed by atoms with Gasteiger partial charge in [-0.2, -0.15) is 0 Å². The maximum atomic E-state index is 12.4. The fourth-order valence-corrected chi connectivity index (χ4v) is 3.67. The van der Waals surface area contributed by atoms with Gasteiger partial charge in [0.15, 0.2) is 10.9 Å². The summed E-state index contributed by atoms with van der Waals surface area (Å²) in [6, 6.07) is 24.5. The molecule has 0 radical (unpaired) electrons. The van der Waals surface area contributed by atoms with Crippen LogP contribution in [0.3, 0.4) is 0 Å². The number of nitrogens with zero attached hydrogens (tertiary/aromatic N) is 3. The third kappa shape index (κ3) is 5.71. The van der Waals surface area contributed by atoms with Crippen molar-refractivity contribution >= 4 is 28.9 Å². The summed E-state index contributed by atoms with van der Waals surface area (Å²) in [5, 5.41) is 17.2. The molecule has 0 saturated carbocycles. The van der Waals surface area contributed by atoms with E-state index in [0.29, 0.717) is 33.9 Å². The Labute approximate surface area is 207 Å². The Morgan fingerprint density at radius 2 is 1.60 bits per heavy atom. The Kier molecular flexibility index (Phi) is 7.18. The van der Waals surface area contributed by atoms with E-state index in [1.54, 1.807) is 36.4 Å². The van der Waals surface area contributed by atoms with Crippen LogP contribution < -0.4 is 10.6 Å². The van der Waals surface area contributed by atoms with Gasteiger partial charge in [-0.1, -0.05) is 60.7 Å². The molecule has 35 heavy (non-hydrogen) atoms. The molecule has 0 aliphatic rings. The number of nitro benzene ring substituents is 1. The molecule has 3 aromatic carbocycles. The number of benzene rings is 3. The maximum absolute atomic E-state index is 12.4. The second kappa shape index (κ2) is 10.6. The number of carbonyl (C=O) groups excluding carboxylic acids is 1. The minimum Gasteiger partial charge on any atom is -0.358 e. The number of aryl methyl sites for hydroxylation is 1. The van der Waals surface area contributed by atoms with Crippen molar-refractivity contribution in [2.24, 2.45) is 0 Å². The van der Waals surface area contributed by atoms with Gasteiger partial charge < -0.3 is 5.32 Å². The highest BCUT2D eigenvalue weighted by atomic mass is 32.1. The van der Waals surface area contributed by atoms with Crippen LogP contribution in [0.5, 0.6) is 0 Å². The number of carbonyl (C=O) groups is 1. The third-order valence-corrected chi connectivity index (χ3v) is 5.51. The zero-order chi connectivity index (χ0) is 24.8. The molecule has 0 bridgehead atoms.